The SMILES string of the molecule is CCOc1ccccc1Oc1coc2cc(OC(=O)c3cc4ccccc4oc3=O)ccc2c1=O. The second-order valence-electron chi connectivity index (χ2n) is 7.44. The van der Waals surface area contributed by atoms with Crippen molar-refractivity contribution in [2.75, 3.05) is 6.61 Å². The minimum atomic E-state index is -0.890. The van der Waals surface area contributed by atoms with Crippen LogP contribution in [0.2, 0.25) is 0 Å². The van der Waals surface area contributed by atoms with Crippen molar-refractivity contribution in [2.24, 2.45) is 0 Å². The Balaban J connectivity index is 1.42. The zero-order valence-corrected chi connectivity index (χ0v) is 18.5. The van der Waals surface area contributed by atoms with E-state index in [1.54, 1.807) is 48.5 Å². The summed E-state index contributed by atoms with van der Waals surface area (Å²) in [5.74, 6) is 0.0473. The van der Waals surface area contributed by atoms with E-state index >= 15 is 0 Å². The summed E-state index contributed by atoms with van der Waals surface area (Å²) in [4.78, 5) is 37.8. The molecule has 0 unspecified atom stereocenters. The van der Waals surface area contributed by atoms with Crippen LogP contribution in [-0.4, -0.2) is 12.6 Å². The molecule has 2 heterocycles. The highest BCUT2D eigenvalue weighted by molar-refractivity contribution is 5.94. The van der Waals surface area contributed by atoms with Gasteiger partial charge in [-0.05, 0) is 43.3 Å². The van der Waals surface area contributed by atoms with Gasteiger partial charge in [0.2, 0.25) is 11.2 Å². The second kappa shape index (κ2) is 9.18. The van der Waals surface area contributed by atoms with Crippen molar-refractivity contribution in [3.05, 3.63) is 105 Å². The number of hydrogen-bond acceptors (Lipinski definition) is 8. The van der Waals surface area contributed by atoms with Crippen LogP contribution in [0.3, 0.4) is 0 Å². The molecule has 0 saturated carbocycles. The molecule has 5 aromatic rings. The molecule has 0 N–H and O–H groups in total. The second-order valence-corrected chi connectivity index (χ2v) is 7.44. The lowest BCUT2D eigenvalue weighted by Crippen LogP contribution is -2.18. The number of benzene rings is 3. The zero-order chi connectivity index (χ0) is 24.4. The zero-order valence-electron chi connectivity index (χ0n) is 18.5. The molecule has 0 aliphatic heterocycles. The van der Waals surface area contributed by atoms with Crippen LogP contribution in [-0.2, 0) is 0 Å². The highest BCUT2D eigenvalue weighted by Crippen LogP contribution is 2.31. The molecule has 8 heteroatoms. The summed E-state index contributed by atoms with van der Waals surface area (Å²) >= 11 is 0. The van der Waals surface area contributed by atoms with Crippen LogP contribution < -0.4 is 25.3 Å². The minimum Gasteiger partial charge on any atom is -0.490 e. The van der Waals surface area contributed by atoms with Crippen molar-refractivity contribution in [1.29, 1.82) is 0 Å². The van der Waals surface area contributed by atoms with Crippen molar-refractivity contribution in [3.8, 4) is 23.0 Å². The molecule has 0 aliphatic carbocycles. The number of ether oxygens (including phenoxy) is 3. The summed E-state index contributed by atoms with van der Waals surface area (Å²) in [6.07, 6.45) is 1.18. The van der Waals surface area contributed by atoms with E-state index in [9.17, 15) is 14.4 Å². The van der Waals surface area contributed by atoms with Gasteiger partial charge in [-0.3, -0.25) is 4.79 Å². The van der Waals surface area contributed by atoms with E-state index in [0.29, 0.717) is 29.1 Å². The maximum Gasteiger partial charge on any atom is 0.351 e. The molecule has 0 spiro atoms. The summed E-state index contributed by atoms with van der Waals surface area (Å²) in [6.45, 7) is 2.29. The van der Waals surface area contributed by atoms with Crippen molar-refractivity contribution in [2.45, 2.75) is 6.92 Å². The summed E-state index contributed by atoms with van der Waals surface area (Å²) in [5.41, 5.74) is -0.928. The van der Waals surface area contributed by atoms with Gasteiger partial charge < -0.3 is 23.0 Å². The summed E-state index contributed by atoms with van der Waals surface area (Å²) in [5, 5.41) is 0.809. The van der Waals surface area contributed by atoms with Gasteiger partial charge >= 0.3 is 11.6 Å². The van der Waals surface area contributed by atoms with E-state index in [4.69, 9.17) is 23.0 Å². The van der Waals surface area contributed by atoms with Gasteiger partial charge in [-0.1, -0.05) is 30.3 Å². The topological polar surface area (TPSA) is 105 Å². The first-order valence-electron chi connectivity index (χ1n) is 10.7. The van der Waals surface area contributed by atoms with E-state index in [0.717, 1.165) is 0 Å². The van der Waals surface area contributed by atoms with Crippen molar-refractivity contribution >= 4 is 27.9 Å². The Kier molecular flexibility index (Phi) is 5.76. The highest BCUT2D eigenvalue weighted by atomic mass is 16.5. The number of para-hydroxylation sites is 3. The quantitative estimate of drug-likeness (QED) is 0.187. The van der Waals surface area contributed by atoms with E-state index in [2.05, 4.69) is 0 Å². The van der Waals surface area contributed by atoms with E-state index in [1.165, 1.54) is 30.5 Å². The number of hydrogen-bond donors (Lipinski definition) is 0. The first kappa shape index (κ1) is 22.0. The van der Waals surface area contributed by atoms with Crippen LogP contribution in [0.25, 0.3) is 21.9 Å². The molecule has 0 amide bonds. The molecule has 0 atom stereocenters. The fraction of sp³-hybridized carbons (Fsp3) is 0.0741. The van der Waals surface area contributed by atoms with Gasteiger partial charge in [-0.25, -0.2) is 9.59 Å². The summed E-state index contributed by atoms with van der Waals surface area (Å²) < 4.78 is 27.4. The molecule has 174 valence electrons. The lowest BCUT2D eigenvalue weighted by molar-refractivity contribution is 0.0730. The summed E-state index contributed by atoms with van der Waals surface area (Å²) in [7, 11) is 0. The maximum atomic E-state index is 12.9. The Morgan fingerprint density at radius 1 is 0.857 bits per heavy atom. The number of esters is 1. The Labute approximate surface area is 197 Å². The van der Waals surface area contributed by atoms with Crippen LogP contribution in [0, 0.1) is 0 Å². The van der Waals surface area contributed by atoms with Crippen LogP contribution in [0.4, 0.5) is 0 Å². The molecule has 35 heavy (non-hydrogen) atoms. The molecular formula is C27H18O8. The first-order chi connectivity index (χ1) is 17.0. The fourth-order valence-corrected chi connectivity index (χ4v) is 3.52. The largest absolute Gasteiger partial charge is 0.490 e. The van der Waals surface area contributed by atoms with Crippen LogP contribution >= 0.6 is 0 Å². The Hall–Kier alpha value is -4.85. The van der Waals surface area contributed by atoms with Crippen LogP contribution in [0.5, 0.6) is 23.0 Å². The maximum absolute atomic E-state index is 12.9. The summed E-state index contributed by atoms with van der Waals surface area (Å²) in [6, 6.07) is 19.5. The molecule has 8 nitrogen and oxygen atoms in total. The van der Waals surface area contributed by atoms with Crippen molar-refractivity contribution in [1.82, 2.24) is 0 Å². The molecular weight excluding hydrogens is 452 g/mol. The molecule has 0 aliphatic rings. The molecule has 0 fully saturated rings. The number of carbonyl (C=O) groups excluding carboxylic acids is 1. The van der Waals surface area contributed by atoms with Crippen LogP contribution in [0.15, 0.2) is 97.5 Å². The highest BCUT2D eigenvalue weighted by Gasteiger charge is 2.18. The number of fused-ring (bicyclic) bond motifs is 2. The van der Waals surface area contributed by atoms with Gasteiger partial charge in [0.05, 0.1) is 12.0 Å². The Bertz CT molecular complexity index is 1680. The van der Waals surface area contributed by atoms with E-state index < -0.39 is 17.0 Å². The average molecular weight is 470 g/mol. The predicted octanol–water partition coefficient (Wildman–Crippen LogP) is 5.31. The molecule has 0 saturated heterocycles. The van der Waals surface area contributed by atoms with Gasteiger partial charge in [-0.15, -0.1) is 0 Å². The van der Waals surface area contributed by atoms with Gasteiger partial charge in [0, 0.05) is 11.5 Å². The smallest absolute Gasteiger partial charge is 0.351 e. The Morgan fingerprint density at radius 3 is 2.46 bits per heavy atom. The van der Waals surface area contributed by atoms with Gasteiger partial charge in [0.1, 0.15) is 28.7 Å². The molecule has 5 rings (SSSR count). The van der Waals surface area contributed by atoms with Crippen molar-refractivity contribution in [3.63, 3.8) is 0 Å². The van der Waals surface area contributed by atoms with Crippen LogP contribution in [0.1, 0.15) is 17.3 Å². The third-order valence-electron chi connectivity index (χ3n) is 5.16. The number of rotatable bonds is 6. The van der Waals surface area contributed by atoms with Gasteiger partial charge in [0.15, 0.2) is 11.5 Å². The lowest BCUT2D eigenvalue weighted by Gasteiger charge is -2.11. The van der Waals surface area contributed by atoms with Crippen molar-refractivity contribution < 1.29 is 27.8 Å². The molecule has 0 radical (unpaired) electrons. The van der Waals surface area contributed by atoms with Gasteiger partial charge in [-0.2, -0.15) is 0 Å². The minimum absolute atomic E-state index is 0.0248. The average Bonchev–Trinajstić information content (AvgIpc) is 2.86. The molecule has 2 aromatic heterocycles. The first-order valence-corrected chi connectivity index (χ1v) is 10.7. The third kappa shape index (κ3) is 4.37. The lowest BCUT2D eigenvalue weighted by atomic mass is 10.2. The third-order valence-corrected chi connectivity index (χ3v) is 5.16. The van der Waals surface area contributed by atoms with Gasteiger partial charge in [0.25, 0.3) is 0 Å². The predicted molar refractivity (Wildman–Crippen MR) is 128 cm³/mol. The number of carbonyl (C=O) groups is 1. The van der Waals surface area contributed by atoms with E-state index in [1.807, 2.05) is 6.92 Å². The Morgan fingerprint density at radius 2 is 1.63 bits per heavy atom. The fourth-order valence-electron chi connectivity index (χ4n) is 3.52. The molecule has 3 aromatic carbocycles. The normalized spacial score (nSPS) is 10.9. The van der Waals surface area contributed by atoms with E-state index in [-0.39, 0.29) is 28.0 Å². The monoisotopic (exact) mass is 470 g/mol. The standard InChI is InChI=1S/C27H18O8/c1-2-31-21-9-5-6-10-22(21)34-24-15-32-23-14-17(11-12-18(23)25(24)28)33-26(29)19-13-16-7-3-4-8-20(16)35-27(19)30/h3-15H,2H2,1H3. The molecule has 0 bridgehead atoms.